The second kappa shape index (κ2) is 11.6. The lowest BCUT2D eigenvalue weighted by atomic mass is 10.2. The molecule has 0 aliphatic heterocycles. The molecule has 1 amide bonds. The van der Waals surface area contributed by atoms with Crippen molar-refractivity contribution in [1.29, 1.82) is 0 Å². The number of carbonyl (C=O) groups is 2. The molecule has 134 valence electrons. The maximum Gasteiger partial charge on any atom is 0.326 e. The first kappa shape index (κ1) is 20.2. The minimum absolute atomic E-state index is 0.237. The fraction of sp³-hybridized carbons (Fsp3) is 0.529. The summed E-state index contributed by atoms with van der Waals surface area (Å²) in [5.74, 6) is 1.85. The number of ether oxygens (including phenoxy) is 2. The Morgan fingerprint density at radius 3 is 2.50 bits per heavy atom. The van der Waals surface area contributed by atoms with Gasteiger partial charge in [-0.25, -0.2) is 4.79 Å². The molecule has 24 heavy (non-hydrogen) atoms. The van der Waals surface area contributed by atoms with Crippen molar-refractivity contribution in [2.24, 2.45) is 0 Å². The molecule has 0 bridgehead atoms. The van der Waals surface area contributed by atoms with Gasteiger partial charge in [0.05, 0.1) is 13.7 Å². The first-order chi connectivity index (χ1) is 11.6. The Morgan fingerprint density at radius 1 is 1.25 bits per heavy atom. The topological polar surface area (TPSA) is 84.9 Å². The number of carboxylic acids is 1. The van der Waals surface area contributed by atoms with Gasteiger partial charge in [-0.3, -0.25) is 4.79 Å². The summed E-state index contributed by atoms with van der Waals surface area (Å²) in [6.07, 6.45) is 1.19. The normalized spacial score (nSPS) is 11.6. The average molecular weight is 355 g/mol. The summed E-state index contributed by atoms with van der Waals surface area (Å²) in [7, 11) is 1.60. The van der Waals surface area contributed by atoms with Crippen LogP contribution in [-0.2, 0) is 9.59 Å². The van der Waals surface area contributed by atoms with E-state index in [2.05, 4.69) is 5.32 Å². The Hall–Kier alpha value is -1.89. The number of nitrogens with one attached hydrogen (secondary N) is 1. The molecule has 0 aliphatic carbocycles. The van der Waals surface area contributed by atoms with Crippen LogP contribution in [0.15, 0.2) is 24.3 Å². The molecule has 1 rings (SSSR count). The minimum atomic E-state index is -0.991. The highest BCUT2D eigenvalue weighted by atomic mass is 32.2. The van der Waals surface area contributed by atoms with Gasteiger partial charge >= 0.3 is 5.97 Å². The molecule has 1 atom stereocenters. The van der Waals surface area contributed by atoms with Crippen LogP contribution in [0.2, 0.25) is 0 Å². The van der Waals surface area contributed by atoms with Gasteiger partial charge < -0.3 is 19.9 Å². The molecule has 6 nitrogen and oxygen atoms in total. The van der Waals surface area contributed by atoms with Crippen molar-refractivity contribution in [2.45, 2.75) is 32.2 Å². The molecule has 0 radical (unpaired) electrons. The van der Waals surface area contributed by atoms with Gasteiger partial charge in [0.1, 0.15) is 17.5 Å². The van der Waals surface area contributed by atoms with Crippen LogP contribution in [-0.4, -0.2) is 48.2 Å². The number of amides is 1. The lowest BCUT2D eigenvalue weighted by Crippen LogP contribution is -2.41. The van der Waals surface area contributed by atoms with Crippen molar-refractivity contribution in [3.05, 3.63) is 24.3 Å². The zero-order valence-electron chi connectivity index (χ0n) is 14.1. The largest absolute Gasteiger partial charge is 0.497 e. The van der Waals surface area contributed by atoms with Gasteiger partial charge in [-0.15, -0.1) is 0 Å². The van der Waals surface area contributed by atoms with Crippen molar-refractivity contribution in [2.75, 3.05) is 25.2 Å². The molecular formula is C17H25NO5S. The third kappa shape index (κ3) is 8.10. The Balaban J connectivity index is 2.24. The van der Waals surface area contributed by atoms with Crippen LogP contribution in [0.3, 0.4) is 0 Å². The van der Waals surface area contributed by atoms with Crippen LogP contribution in [0.5, 0.6) is 11.5 Å². The van der Waals surface area contributed by atoms with Gasteiger partial charge in [-0.2, -0.15) is 11.8 Å². The number of methoxy groups -OCH3 is 1. The number of aliphatic carboxylic acids is 1. The number of hydrogen-bond acceptors (Lipinski definition) is 5. The monoisotopic (exact) mass is 355 g/mol. The maximum absolute atomic E-state index is 11.8. The van der Waals surface area contributed by atoms with Crippen LogP contribution in [0.1, 0.15) is 26.2 Å². The van der Waals surface area contributed by atoms with E-state index in [-0.39, 0.29) is 12.3 Å². The molecule has 0 saturated heterocycles. The number of rotatable bonds is 12. The van der Waals surface area contributed by atoms with E-state index in [1.54, 1.807) is 43.1 Å². The van der Waals surface area contributed by atoms with Crippen LogP contribution < -0.4 is 14.8 Å². The number of carboxylic acid groups (broad SMARTS) is 1. The van der Waals surface area contributed by atoms with E-state index < -0.39 is 12.0 Å². The van der Waals surface area contributed by atoms with Gasteiger partial charge in [-0.1, -0.05) is 6.92 Å². The van der Waals surface area contributed by atoms with Crippen molar-refractivity contribution in [3.63, 3.8) is 0 Å². The molecule has 2 N–H and O–H groups in total. The Bertz CT molecular complexity index is 506. The average Bonchev–Trinajstić information content (AvgIpc) is 2.58. The number of hydrogen-bond donors (Lipinski definition) is 2. The zero-order valence-corrected chi connectivity index (χ0v) is 14.9. The number of thioether (sulfide) groups is 1. The predicted molar refractivity (Wildman–Crippen MR) is 94.9 cm³/mol. The standard InChI is InChI=1S/C17H25NO5S/c1-3-24-12-10-15(17(20)21)18-16(19)5-4-11-23-14-8-6-13(22-2)7-9-14/h6-9,15H,3-5,10-12H2,1-2H3,(H,18,19)(H,20,21). The summed E-state index contributed by atoms with van der Waals surface area (Å²) in [6.45, 7) is 2.41. The van der Waals surface area contributed by atoms with Crippen molar-refractivity contribution < 1.29 is 24.2 Å². The molecule has 1 unspecified atom stereocenters. The van der Waals surface area contributed by atoms with Gasteiger partial charge in [0.15, 0.2) is 0 Å². The van der Waals surface area contributed by atoms with Crippen LogP contribution >= 0.6 is 11.8 Å². The highest BCUT2D eigenvalue weighted by Gasteiger charge is 2.19. The third-order valence-corrected chi connectivity index (χ3v) is 4.20. The molecule has 7 heteroatoms. The summed E-state index contributed by atoms with van der Waals surface area (Å²) >= 11 is 1.66. The van der Waals surface area contributed by atoms with Gasteiger partial charge in [0, 0.05) is 6.42 Å². The van der Waals surface area contributed by atoms with Crippen molar-refractivity contribution >= 4 is 23.6 Å². The van der Waals surface area contributed by atoms with E-state index in [1.165, 1.54) is 0 Å². The Kier molecular flexibility index (Phi) is 9.76. The molecule has 1 aromatic rings. The summed E-state index contributed by atoms with van der Waals surface area (Å²) in [5.41, 5.74) is 0. The van der Waals surface area contributed by atoms with E-state index in [0.29, 0.717) is 31.0 Å². The molecule has 0 fully saturated rings. The highest BCUT2D eigenvalue weighted by molar-refractivity contribution is 7.99. The first-order valence-electron chi connectivity index (χ1n) is 7.93. The summed E-state index contributed by atoms with van der Waals surface area (Å²) < 4.78 is 10.6. The highest BCUT2D eigenvalue weighted by Crippen LogP contribution is 2.17. The second-order valence-corrected chi connectivity index (χ2v) is 6.47. The molecule has 1 aromatic carbocycles. The fourth-order valence-electron chi connectivity index (χ4n) is 1.96. The van der Waals surface area contributed by atoms with Crippen molar-refractivity contribution in [1.82, 2.24) is 5.32 Å². The quantitative estimate of drug-likeness (QED) is 0.561. The van der Waals surface area contributed by atoms with Gasteiger partial charge in [-0.05, 0) is 48.6 Å². The SMILES string of the molecule is CCSCCC(NC(=O)CCCOc1ccc(OC)cc1)C(=O)O. The van der Waals surface area contributed by atoms with Gasteiger partial charge in [0.25, 0.3) is 0 Å². The molecule has 0 aliphatic rings. The Labute approximate surface area is 146 Å². The van der Waals surface area contributed by atoms with E-state index in [0.717, 1.165) is 11.5 Å². The second-order valence-electron chi connectivity index (χ2n) is 5.07. The first-order valence-corrected chi connectivity index (χ1v) is 9.09. The molecular weight excluding hydrogens is 330 g/mol. The number of carbonyl (C=O) groups excluding carboxylic acids is 1. The van der Waals surface area contributed by atoms with E-state index >= 15 is 0 Å². The predicted octanol–water partition coefficient (Wildman–Crippen LogP) is 2.57. The summed E-state index contributed by atoms with van der Waals surface area (Å²) in [4.78, 5) is 23.0. The molecule has 0 heterocycles. The van der Waals surface area contributed by atoms with E-state index in [9.17, 15) is 9.59 Å². The lowest BCUT2D eigenvalue weighted by Gasteiger charge is -2.14. The zero-order chi connectivity index (χ0) is 17.8. The fourth-order valence-corrected chi connectivity index (χ4v) is 2.66. The van der Waals surface area contributed by atoms with Crippen LogP contribution in [0, 0.1) is 0 Å². The van der Waals surface area contributed by atoms with Crippen LogP contribution in [0.25, 0.3) is 0 Å². The van der Waals surface area contributed by atoms with E-state index in [1.807, 2.05) is 6.92 Å². The molecule has 0 saturated carbocycles. The molecule has 0 spiro atoms. The summed E-state index contributed by atoms with van der Waals surface area (Å²) in [6, 6.07) is 6.37. The smallest absolute Gasteiger partial charge is 0.326 e. The summed E-state index contributed by atoms with van der Waals surface area (Å²) in [5, 5.41) is 11.7. The van der Waals surface area contributed by atoms with Crippen LogP contribution in [0.4, 0.5) is 0 Å². The third-order valence-electron chi connectivity index (χ3n) is 3.26. The molecule has 0 aromatic heterocycles. The van der Waals surface area contributed by atoms with Gasteiger partial charge in [0.2, 0.25) is 5.91 Å². The minimum Gasteiger partial charge on any atom is -0.497 e. The Morgan fingerprint density at radius 2 is 1.92 bits per heavy atom. The lowest BCUT2D eigenvalue weighted by molar-refractivity contribution is -0.141. The van der Waals surface area contributed by atoms with E-state index in [4.69, 9.17) is 14.6 Å². The number of benzene rings is 1. The van der Waals surface area contributed by atoms with Crippen molar-refractivity contribution in [3.8, 4) is 11.5 Å². The maximum atomic E-state index is 11.8.